The van der Waals surface area contributed by atoms with Crippen molar-refractivity contribution in [2.45, 2.75) is 26.5 Å². The quantitative estimate of drug-likeness (QED) is 0.851. The molecular weight excluding hydrogens is 226 g/mol. The lowest BCUT2D eigenvalue weighted by molar-refractivity contribution is 0.173. The fourth-order valence-electron chi connectivity index (χ4n) is 1.83. The molecule has 3 heteroatoms. The van der Waals surface area contributed by atoms with E-state index < -0.39 is 6.10 Å². The molecule has 0 aliphatic heterocycles. The van der Waals surface area contributed by atoms with Gasteiger partial charge in [0.15, 0.2) is 0 Å². The number of rotatable bonds is 5. The van der Waals surface area contributed by atoms with Gasteiger partial charge in [-0.15, -0.1) is 0 Å². The van der Waals surface area contributed by atoms with Crippen LogP contribution in [0.15, 0.2) is 41.0 Å². The maximum absolute atomic E-state index is 10.1. The van der Waals surface area contributed by atoms with E-state index >= 15 is 0 Å². The Hall–Kier alpha value is -1.58. The minimum Gasteiger partial charge on any atom is -0.468 e. The molecule has 96 valence electrons. The third kappa shape index (κ3) is 3.22. The zero-order chi connectivity index (χ0) is 13.0. The van der Waals surface area contributed by atoms with Gasteiger partial charge in [-0.05, 0) is 42.7 Å². The molecule has 2 rings (SSSR count). The predicted octanol–water partition coefficient (Wildman–Crippen LogP) is 2.72. The number of aryl methyl sites for hydroxylation is 2. The summed E-state index contributed by atoms with van der Waals surface area (Å²) in [6.45, 7) is 5.28. The van der Waals surface area contributed by atoms with E-state index in [1.54, 1.807) is 6.26 Å². The van der Waals surface area contributed by atoms with Gasteiger partial charge >= 0.3 is 0 Å². The van der Waals surface area contributed by atoms with Gasteiger partial charge in [0.1, 0.15) is 5.76 Å². The van der Waals surface area contributed by atoms with Crippen molar-refractivity contribution in [3.63, 3.8) is 0 Å². The lowest BCUT2D eigenvalue weighted by atomic mass is 10.0. The van der Waals surface area contributed by atoms with E-state index in [2.05, 4.69) is 19.2 Å². The van der Waals surface area contributed by atoms with Crippen LogP contribution in [0.1, 0.15) is 28.6 Å². The molecule has 1 aromatic carbocycles. The van der Waals surface area contributed by atoms with Gasteiger partial charge < -0.3 is 14.8 Å². The van der Waals surface area contributed by atoms with Crippen LogP contribution in [0.25, 0.3) is 0 Å². The van der Waals surface area contributed by atoms with E-state index in [9.17, 15) is 5.11 Å². The van der Waals surface area contributed by atoms with Crippen molar-refractivity contribution in [3.05, 3.63) is 59.0 Å². The maximum atomic E-state index is 10.1. The summed E-state index contributed by atoms with van der Waals surface area (Å²) in [5.74, 6) is 0.877. The smallest absolute Gasteiger partial charge is 0.117 e. The molecular formula is C15H19NO2. The third-order valence-corrected chi connectivity index (χ3v) is 3.13. The van der Waals surface area contributed by atoms with E-state index in [0.717, 1.165) is 11.3 Å². The Morgan fingerprint density at radius 3 is 2.72 bits per heavy atom. The van der Waals surface area contributed by atoms with Crippen LogP contribution in [0.2, 0.25) is 0 Å². The van der Waals surface area contributed by atoms with Gasteiger partial charge in [0.2, 0.25) is 0 Å². The Kier molecular flexibility index (Phi) is 4.18. The van der Waals surface area contributed by atoms with E-state index in [0.29, 0.717) is 13.1 Å². The first kappa shape index (κ1) is 12.9. The predicted molar refractivity (Wildman–Crippen MR) is 71.3 cm³/mol. The Morgan fingerprint density at radius 1 is 1.22 bits per heavy atom. The number of hydrogen-bond donors (Lipinski definition) is 2. The first-order valence-corrected chi connectivity index (χ1v) is 6.15. The van der Waals surface area contributed by atoms with E-state index in [1.165, 1.54) is 11.1 Å². The molecule has 0 amide bonds. The van der Waals surface area contributed by atoms with E-state index in [4.69, 9.17) is 4.42 Å². The van der Waals surface area contributed by atoms with Gasteiger partial charge in [0.25, 0.3) is 0 Å². The third-order valence-electron chi connectivity index (χ3n) is 3.13. The van der Waals surface area contributed by atoms with Crippen LogP contribution in [-0.4, -0.2) is 11.7 Å². The lowest BCUT2D eigenvalue weighted by Gasteiger charge is -2.13. The zero-order valence-corrected chi connectivity index (χ0v) is 10.8. The SMILES string of the molecule is Cc1ccc(C(O)CNCc2ccco2)cc1C. The van der Waals surface area contributed by atoms with Crippen molar-refractivity contribution in [2.75, 3.05) is 6.54 Å². The van der Waals surface area contributed by atoms with Gasteiger partial charge in [0.05, 0.1) is 18.9 Å². The average Bonchev–Trinajstić information content (AvgIpc) is 2.85. The molecule has 0 saturated heterocycles. The van der Waals surface area contributed by atoms with Crippen LogP contribution >= 0.6 is 0 Å². The van der Waals surface area contributed by atoms with Crippen LogP contribution < -0.4 is 5.32 Å². The summed E-state index contributed by atoms with van der Waals surface area (Å²) in [6.07, 6.45) is 1.16. The molecule has 1 unspecified atom stereocenters. The van der Waals surface area contributed by atoms with Crippen LogP contribution in [-0.2, 0) is 6.54 Å². The number of nitrogens with one attached hydrogen (secondary N) is 1. The van der Waals surface area contributed by atoms with Gasteiger partial charge in [0, 0.05) is 6.54 Å². The molecule has 0 fully saturated rings. The molecule has 3 nitrogen and oxygen atoms in total. The molecule has 1 aromatic heterocycles. The van der Waals surface area contributed by atoms with Crippen LogP contribution in [0, 0.1) is 13.8 Å². The molecule has 0 radical (unpaired) electrons. The number of furan rings is 1. The molecule has 1 heterocycles. The van der Waals surface area contributed by atoms with Crippen molar-refractivity contribution in [2.24, 2.45) is 0 Å². The highest BCUT2D eigenvalue weighted by Crippen LogP contribution is 2.16. The summed E-state index contributed by atoms with van der Waals surface area (Å²) in [5, 5.41) is 13.2. The van der Waals surface area contributed by atoms with Crippen LogP contribution in [0.4, 0.5) is 0 Å². The number of hydrogen-bond acceptors (Lipinski definition) is 3. The van der Waals surface area contributed by atoms with Crippen molar-refractivity contribution in [3.8, 4) is 0 Å². The van der Waals surface area contributed by atoms with Crippen LogP contribution in [0.3, 0.4) is 0 Å². The molecule has 1 atom stereocenters. The highest BCUT2D eigenvalue weighted by Gasteiger charge is 2.08. The van der Waals surface area contributed by atoms with Gasteiger partial charge in [-0.3, -0.25) is 0 Å². The standard InChI is InChI=1S/C15H19NO2/c1-11-5-6-13(8-12(11)2)15(17)10-16-9-14-4-3-7-18-14/h3-8,15-17H,9-10H2,1-2H3. The summed E-state index contributed by atoms with van der Waals surface area (Å²) in [5.41, 5.74) is 3.40. The molecule has 2 aromatic rings. The van der Waals surface area contributed by atoms with Crippen molar-refractivity contribution in [1.82, 2.24) is 5.32 Å². The molecule has 0 aliphatic rings. The van der Waals surface area contributed by atoms with Crippen LogP contribution in [0.5, 0.6) is 0 Å². The average molecular weight is 245 g/mol. The Bertz CT molecular complexity index is 491. The highest BCUT2D eigenvalue weighted by atomic mass is 16.3. The molecule has 0 aliphatic carbocycles. The summed E-state index contributed by atoms with van der Waals surface area (Å²) >= 11 is 0. The number of aliphatic hydroxyl groups is 1. The Morgan fingerprint density at radius 2 is 2.06 bits per heavy atom. The second kappa shape index (κ2) is 5.85. The Labute approximate surface area is 107 Å². The normalized spacial score (nSPS) is 12.6. The zero-order valence-electron chi connectivity index (χ0n) is 10.8. The fourth-order valence-corrected chi connectivity index (χ4v) is 1.83. The van der Waals surface area contributed by atoms with Crippen molar-refractivity contribution in [1.29, 1.82) is 0 Å². The van der Waals surface area contributed by atoms with Gasteiger partial charge in [-0.2, -0.15) is 0 Å². The second-order valence-electron chi connectivity index (χ2n) is 4.57. The van der Waals surface area contributed by atoms with Gasteiger partial charge in [-0.25, -0.2) is 0 Å². The van der Waals surface area contributed by atoms with E-state index in [1.807, 2.05) is 30.3 Å². The monoisotopic (exact) mass is 245 g/mol. The summed E-state index contributed by atoms with van der Waals surface area (Å²) in [7, 11) is 0. The second-order valence-corrected chi connectivity index (χ2v) is 4.57. The topological polar surface area (TPSA) is 45.4 Å². The number of aliphatic hydroxyl groups excluding tert-OH is 1. The Balaban J connectivity index is 1.87. The summed E-state index contributed by atoms with van der Waals surface area (Å²) in [6, 6.07) is 9.82. The lowest BCUT2D eigenvalue weighted by Crippen LogP contribution is -2.20. The molecule has 2 N–H and O–H groups in total. The first-order valence-electron chi connectivity index (χ1n) is 6.15. The molecule has 0 saturated carbocycles. The fraction of sp³-hybridized carbons (Fsp3) is 0.333. The minimum absolute atomic E-state index is 0.487. The first-order chi connectivity index (χ1) is 8.66. The molecule has 18 heavy (non-hydrogen) atoms. The van der Waals surface area contributed by atoms with Crippen molar-refractivity contribution < 1.29 is 9.52 Å². The van der Waals surface area contributed by atoms with Crippen molar-refractivity contribution >= 4 is 0 Å². The largest absolute Gasteiger partial charge is 0.468 e. The summed E-state index contributed by atoms with van der Waals surface area (Å²) in [4.78, 5) is 0. The molecule has 0 spiro atoms. The summed E-state index contributed by atoms with van der Waals surface area (Å²) < 4.78 is 5.21. The van der Waals surface area contributed by atoms with Gasteiger partial charge in [-0.1, -0.05) is 18.2 Å². The van der Waals surface area contributed by atoms with E-state index in [-0.39, 0.29) is 0 Å². The molecule has 0 bridgehead atoms. The number of benzene rings is 1. The minimum atomic E-state index is -0.487. The maximum Gasteiger partial charge on any atom is 0.117 e. The highest BCUT2D eigenvalue weighted by molar-refractivity contribution is 5.31.